The highest BCUT2D eigenvalue weighted by Gasteiger charge is 2.15. The summed E-state index contributed by atoms with van der Waals surface area (Å²) in [4.78, 5) is 0. The number of hydrogen-bond acceptors (Lipinski definition) is 1. The Hall–Kier alpha value is -1.31. The van der Waals surface area contributed by atoms with Gasteiger partial charge in [-0.2, -0.15) is 10.5 Å². The van der Waals surface area contributed by atoms with E-state index in [1.54, 1.807) is 0 Å². The fourth-order valence-corrected chi connectivity index (χ4v) is 1.50. The van der Waals surface area contributed by atoms with Crippen LogP contribution < -0.4 is 5.43 Å². The summed E-state index contributed by atoms with van der Waals surface area (Å²) in [5.74, 6) is 0. The Labute approximate surface area is 78.7 Å². The molecule has 0 unspecified atom stereocenters. The molecule has 1 aromatic carbocycles. The second kappa shape index (κ2) is 3.60. The summed E-state index contributed by atoms with van der Waals surface area (Å²) in [5, 5.41) is 4.18. The van der Waals surface area contributed by atoms with E-state index < -0.39 is 0 Å². The van der Waals surface area contributed by atoms with Gasteiger partial charge in [0.15, 0.2) is 0 Å². The lowest BCUT2D eigenvalue weighted by Gasteiger charge is -1.98. The molecule has 1 radical (unpaired) electrons. The number of fused-ring (bicyclic) bond motifs is 1. The number of nitrogens with zero attached hydrogens (tertiary/aromatic N) is 2. The van der Waals surface area contributed by atoms with Gasteiger partial charge < -0.3 is 0 Å². The van der Waals surface area contributed by atoms with Crippen molar-refractivity contribution < 1.29 is 0 Å². The van der Waals surface area contributed by atoms with Crippen LogP contribution in [0.25, 0.3) is 0 Å². The standard InChI is InChI=1S/C11H13N2/c1-2-3-7-10-9-6-4-5-8-11(9)13-12-10/h4-6,8H,2-3,7H2,1H3. The Balaban J connectivity index is 2.16. The molecule has 0 saturated carbocycles. The number of benzene rings is 1. The van der Waals surface area contributed by atoms with Gasteiger partial charge in [0.05, 0.1) is 11.4 Å². The smallest absolute Gasteiger partial charge is 0.0948 e. The largest absolute Gasteiger partial charge is 0.154 e. The maximum atomic E-state index is 4.18. The lowest BCUT2D eigenvalue weighted by Crippen LogP contribution is -1.95. The van der Waals surface area contributed by atoms with Gasteiger partial charge in [-0.3, -0.25) is 0 Å². The monoisotopic (exact) mass is 173 g/mol. The van der Waals surface area contributed by atoms with Crippen LogP contribution in [0.3, 0.4) is 0 Å². The van der Waals surface area contributed by atoms with Crippen LogP contribution in [0.5, 0.6) is 0 Å². The molecule has 0 spiro atoms. The Morgan fingerprint density at radius 2 is 2.08 bits per heavy atom. The minimum absolute atomic E-state index is 1.02. The van der Waals surface area contributed by atoms with Crippen molar-refractivity contribution in [2.75, 3.05) is 0 Å². The van der Waals surface area contributed by atoms with Gasteiger partial charge in [0.2, 0.25) is 0 Å². The Bertz CT molecular complexity index is 329. The molecule has 1 aliphatic heterocycles. The van der Waals surface area contributed by atoms with E-state index in [0.717, 1.165) is 17.8 Å². The highest BCUT2D eigenvalue weighted by molar-refractivity contribution is 6.06. The summed E-state index contributed by atoms with van der Waals surface area (Å²) < 4.78 is 0. The molecular weight excluding hydrogens is 160 g/mol. The van der Waals surface area contributed by atoms with Crippen molar-refractivity contribution in [2.45, 2.75) is 26.2 Å². The first-order valence-electron chi connectivity index (χ1n) is 4.79. The van der Waals surface area contributed by atoms with Crippen LogP contribution in [-0.4, -0.2) is 5.71 Å². The molecule has 1 heterocycles. The van der Waals surface area contributed by atoms with Gasteiger partial charge in [-0.15, -0.1) is 0 Å². The molecule has 2 nitrogen and oxygen atoms in total. The summed E-state index contributed by atoms with van der Waals surface area (Å²) in [6.07, 6.45) is 3.46. The van der Waals surface area contributed by atoms with Crippen molar-refractivity contribution in [1.82, 2.24) is 5.43 Å². The maximum absolute atomic E-state index is 4.18. The first-order chi connectivity index (χ1) is 6.42. The average Bonchev–Trinajstić information content (AvgIpc) is 2.58. The fourth-order valence-electron chi connectivity index (χ4n) is 1.50. The van der Waals surface area contributed by atoms with Gasteiger partial charge >= 0.3 is 0 Å². The molecule has 0 N–H and O–H groups in total. The van der Waals surface area contributed by atoms with Gasteiger partial charge in [0.25, 0.3) is 0 Å². The number of hydrogen-bond donors (Lipinski definition) is 0. The molecule has 0 fully saturated rings. The average molecular weight is 173 g/mol. The SMILES string of the molecule is CCCCC1=N[N]c2ccccc21. The molecule has 0 aromatic heterocycles. The summed E-state index contributed by atoms with van der Waals surface area (Å²) in [7, 11) is 0. The molecule has 0 bridgehead atoms. The molecular formula is C11H13N2. The third kappa shape index (κ3) is 1.57. The van der Waals surface area contributed by atoms with Crippen molar-refractivity contribution in [2.24, 2.45) is 5.10 Å². The minimum Gasteiger partial charge on any atom is -0.154 e. The third-order valence-corrected chi connectivity index (χ3v) is 2.26. The zero-order valence-corrected chi connectivity index (χ0v) is 7.83. The number of unbranched alkanes of at least 4 members (excludes halogenated alkanes) is 1. The Morgan fingerprint density at radius 3 is 2.92 bits per heavy atom. The Morgan fingerprint density at radius 1 is 1.23 bits per heavy atom. The molecule has 1 aliphatic rings. The lowest BCUT2D eigenvalue weighted by atomic mass is 10.0. The van der Waals surface area contributed by atoms with Gasteiger partial charge in [-0.25, -0.2) is 0 Å². The second-order valence-corrected chi connectivity index (χ2v) is 3.27. The summed E-state index contributed by atoms with van der Waals surface area (Å²) in [5.41, 5.74) is 7.51. The fraction of sp³-hybridized carbons (Fsp3) is 0.364. The topological polar surface area (TPSA) is 26.5 Å². The van der Waals surface area contributed by atoms with Crippen LogP contribution in [0.1, 0.15) is 31.7 Å². The van der Waals surface area contributed by atoms with Crippen molar-refractivity contribution in [3.05, 3.63) is 29.8 Å². The van der Waals surface area contributed by atoms with Crippen molar-refractivity contribution >= 4 is 11.4 Å². The Kier molecular flexibility index (Phi) is 2.30. The third-order valence-electron chi connectivity index (χ3n) is 2.26. The first-order valence-corrected chi connectivity index (χ1v) is 4.79. The second-order valence-electron chi connectivity index (χ2n) is 3.27. The van der Waals surface area contributed by atoms with E-state index in [2.05, 4.69) is 23.5 Å². The molecule has 2 rings (SSSR count). The van der Waals surface area contributed by atoms with E-state index >= 15 is 0 Å². The first kappa shape index (κ1) is 8.30. The highest BCUT2D eigenvalue weighted by atomic mass is 15.3. The zero-order chi connectivity index (χ0) is 9.10. The molecule has 0 atom stereocenters. The van der Waals surface area contributed by atoms with E-state index in [1.165, 1.54) is 18.4 Å². The van der Waals surface area contributed by atoms with Gasteiger partial charge in [0.1, 0.15) is 0 Å². The lowest BCUT2D eigenvalue weighted by molar-refractivity contribution is 0.831. The van der Waals surface area contributed by atoms with Crippen LogP contribution in [0, 0.1) is 0 Å². The molecule has 0 saturated heterocycles. The van der Waals surface area contributed by atoms with E-state index in [0.29, 0.717) is 0 Å². The van der Waals surface area contributed by atoms with E-state index in [1.807, 2.05) is 18.2 Å². The summed E-state index contributed by atoms with van der Waals surface area (Å²) in [6, 6.07) is 8.15. The van der Waals surface area contributed by atoms with Crippen LogP contribution in [0.2, 0.25) is 0 Å². The summed E-state index contributed by atoms with van der Waals surface area (Å²) >= 11 is 0. The molecule has 67 valence electrons. The predicted octanol–water partition coefficient (Wildman–Crippen LogP) is 2.83. The highest BCUT2D eigenvalue weighted by Crippen LogP contribution is 2.23. The van der Waals surface area contributed by atoms with Crippen molar-refractivity contribution in [3.8, 4) is 0 Å². The van der Waals surface area contributed by atoms with Crippen LogP contribution in [0.15, 0.2) is 29.4 Å². The molecule has 2 heteroatoms. The van der Waals surface area contributed by atoms with Gasteiger partial charge in [0, 0.05) is 5.56 Å². The summed E-state index contributed by atoms with van der Waals surface area (Å²) in [6.45, 7) is 2.19. The van der Waals surface area contributed by atoms with Crippen molar-refractivity contribution in [3.63, 3.8) is 0 Å². The van der Waals surface area contributed by atoms with Gasteiger partial charge in [-0.1, -0.05) is 31.5 Å². The molecule has 0 amide bonds. The van der Waals surface area contributed by atoms with Gasteiger partial charge in [-0.05, 0) is 18.9 Å². The molecule has 1 aromatic rings. The minimum atomic E-state index is 1.02. The zero-order valence-electron chi connectivity index (χ0n) is 7.83. The number of rotatable bonds is 3. The van der Waals surface area contributed by atoms with Crippen molar-refractivity contribution in [1.29, 1.82) is 0 Å². The van der Waals surface area contributed by atoms with E-state index in [9.17, 15) is 0 Å². The quantitative estimate of drug-likeness (QED) is 0.672. The van der Waals surface area contributed by atoms with Crippen LogP contribution >= 0.6 is 0 Å². The van der Waals surface area contributed by atoms with E-state index in [4.69, 9.17) is 0 Å². The maximum Gasteiger partial charge on any atom is 0.0948 e. The molecule has 13 heavy (non-hydrogen) atoms. The normalized spacial score (nSPS) is 13.5. The van der Waals surface area contributed by atoms with Crippen LogP contribution in [0.4, 0.5) is 5.69 Å². The van der Waals surface area contributed by atoms with Crippen LogP contribution in [-0.2, 0) is 0 Å². The van der Waals surface area contributed by atoms with E-state index in [-0.39, 0.29) is 0 Å². The molecule has 0 aliphatic carbocycles. The predicted molar refractivity (Wildman–Crippen MR) is 54.3 cm³/mol.